The number of carbonyl (C=O) groups is 2. The van der Waals surface area contributed by atoms with E-state index >= 15 is 0 Å². The highest BCUT2D eigenvalue weighted by Gasteiger charge is 2.22. The van der Waals surface area contributed by atoms with Crippen LogP contribution in [0.4, 0.5) is 4.79 Å². The summed E-state index contributed by atoms with van der Waals surface area (Å²) in [5, 5.41) is 11.3. The molecule has 0 saturated heterocycles. The molecule has 0 saturated carbocycles. The van der Waals surface area contributed by atoms with E-state index in [1.807, 2.05) is 0 Å². The van der Waals surface area contributed by atoms with Gasteiger partial charge in [-0.05, 0) is 17.7 Å². The van der Waals surface area contributed by atoms with Crippen molar-refractivity contribution in [2.24, 2.45) is 0 Å². The van der Waals surface area contributed by atoms with E-state index in [0.29, 0.717) is 5.02 Å². The summed E-state index contributed by atoms with van der Waals surface area (Å²) >= 11 is 5.72. The van der Waals surface area contributed by atoms with E-state index in [4.69, 9.17) is 22.2 Å². The number of Topliss-reactive ketones (excluding diaryl/α,β-unsaturated/α-hetero) is 1. The average molecular weight is 269 g/mol. The van der Waals surface area contributed by atoms with Crippen LogP contribution in [0.1, 0.15) is 5.56 Å². The predicted molar refractivity (Wildman–Crippen MR) is 64.2 cm³/mol. The Kier molecular flexibility index (Phi) is 5.05. The van der Waals surface area contributed by atoms with Crippen LogP contribution >= 0.6 is 11.6 Å². The highest BCUT2D eigenvalue weighted by atomic mass is 35.5. The Morgan fingerprint density at radius 1 is 1.44 bits per heavy atom. The Morgan fingerprint density at radius 2 is 2.06 bits per heavy atom. The summed E-state index contributed by atoms with van der Waals surface area (Å²) in [7, 11) is 0. The molecule has 0 fully saturated rings. The Balaban J connectivity index is 2.83. The molecule has 1 rings (SSSR count). The van der Waals surface area contributed by atoms with Gasteiger partial charge in [-0.3, -0.25) is 4.79 Å². The van der Waals surface area contributed by atoms with Gasteiger partial charge in [-0.2, -0.15) is 0 Å². The monoisotopic (exact) mass is 268 g/mol. The fourth-order valence-electron chi connectivity index (χ4n) is 1.38. The molecule has 0 radical (unpaired) electrons. The largest absolute Gasteiger partial charge is 0.465 e. The first-order valence-electron chi connectivity index (χ1n) is 5.00. The maximum atomic E-state index is 11.5. The molecule has 0 aromatic heterocycles. The standard InChI is InChI=1S/C11H10ClN3O3/c12-8-3-1-7(2-4-8)5-9(15-11(17)18)10(16)6-14-13/h1-4,6,9,13,15H,5H2/p+1. The number of rotatable bonds is 5. The average Bonchev–Trinajstić information content (AvgIpc) is 2.31. The van der Waals surface area contributed by atoms with Crippen molar-refractivity contribution in [1.82, 2.24) is 5.32 Å². The summed E-state index contributed by atoms with van der Waals surface area (Å²) < 4.78 is 0. The van der Waals surface area contributed by atoms with Gasteiger partial charge in [-0.1, -0.05) is 23.7 Å². The molecule has 94 valence electrons. The molecule has 1 atom stereocenters. The van der Waals surface area contributed by atoms with Crippen LogP contribution < -0.4 is 5.32 Å². The van der Waals surface area contributed by atoms with E-state index in [2.05, 4.69) is 10.1 Å². The molecule has 18 heavy (non-hydrogen) atoms. The molecule has 0 heterocycles. The first-order valence-corrected chi connectivity index (χ1v) is 5.38. The second kappa shape index (κ2) is 6.54. The molecule has 0 aliphatic rings. The highest BCUT2D eigenvalue weighted by molar-refractivity contribution is 6.30. The van der Waals surface area contributed by atoms with E-state index < -0.39 is 17.9 Å². The van der Waals surface area contributed by atoms with Gasteiger partial charge >= 0.3 is 12.3 Å². The molecule has 0 aliphatic carbocycles. The van der Waals surface area contributed by atoms with E-state index in [1.165, 1.54) is 0 Å². The van der Waals surface area contributed by atoms with Gasteiger partial charge < -0.3 is 10.4 Å². The zero-order chi connectivity index (χ0) is 13.5. The van der Waals surface area contributed by atoms with Crippen LogP contribution in [0.15, 0.2) is 24.3 Å². The fourth-order valence-corrected chi connectivity index (χ4v) is 1.51. The molecule has 1 amide bonds. The van der Waals surface area contributed by atoms with Crippen LogP contribution in [0.2, 0.25) is 5.02 Å². The Labute approximate surface area is 108 Å². The zero-order valence-electron chi connectivity index (χ0n) is 9.26. The molecule has 7 heteroatoms. The lowest BCUT2D eigenvalue weighted by molar-refractivity contribution is -0.132. The number of halogens is 1. The number of carbonyl (C=O) groups excluding carboxylic acids is 1. The lowest BCUT2D eigenvalue weighted by atomic mass is 10.0. The van der Waals surface area contributed by atoms with Gasteiger partial charge in [0, 0.05) is 11.4 Å². The van der Waals surface area contributed by atoms with E-state index in [1.54, 1.807) is 24.3 Å². The molecule has 6 nitrogen and oxygen atoms in total. The Hall–Kier alpha value is -2.17. The van der Waals surface area contributed by atoms with Gasteiger partial charge in [0.1, 0.15) is 6.04 Å². The third-order valence-corrected chi connectivity index (χ3v) is 2.44. The zero-order valence-corrected chi connectivity index (χ0v) is 10.0. The van der Waals surface area contributed by atoms with Gasteiger partial charge in [0.05, 0.1) is 10.3 Å². The molecule has 0 aliphatic heterocycles. The molecular weight excluding hydrogens is 258 g/mol. The summed E-state index contributed by atoms with van der Waals surface area (Å²) in [5.74, 6) is -0.567. The molecule has 0 bridgehead atoms. The number of nitrogens with zero attached hydrogens (tertiary/aromatic N) is 1. The van der Waals surface area contributed by atoms with Crippen LogP contribution in [0.5, 0.6) is 0 Å². The number of carboxylic acid groups (broad SMARTS) is 1. The number of nitrogens with one attached hydrogen (secondary N) is 2. The maximum absolute atomic E-state index is 11.5. The lowest BCUT2D eigenvalue weighted by Gasteiger charge is -2.11. The molecule has 1 unspecified atom stereocenters. The molecule has 1 aromatic rings. The third kappa shape index (κ3) is 4.37. The summed E-state index contributed by atoms with van der Waals surface area (Å²) in [5.41, 5.74) is 7.33. The van der Waals surface area contributed by atoms with E-state index in [-0.39, 0.29) is 6.42 Å². The van der Waals surface area contributed by atoms with Gasteiger partial charge in [0.2, 0.25) is 0 Å². The van der Waals surface area contributed by atoms with Crippen LogP contribution in [0.25, 0.3) is 0 Å². The summed E-state index contributed by atoms with van der Waals surface area (Å²) in [6.07, 6.45) is -0.356. The summed E-state index contributed by atoms with van der Waals surface area (Å²) in [6, 6.07) is 5.74. The Morgan fingerprint density at radius 3 is 2.56 bits per heavy atom. The van der Waals surface area contributed by atoms with Crippen LogP contribution in [-0.4, -0.2) is 34.0 Å². The quantitative estimate of drug-likeness (QED) is 0.427. The highest BCUT2D eigenvalue weighted by Crippen LogP contribution is 2.11. The number of ketones is 1. The smallest absolute Gasteiger partial charge is 0.405 e. The van der Waals surface area contributed by atoms with Crippen molar-refractivity contribution < 1.29 is 19.5 Å². The van der Waals surface area contributed by atoms with Crippen molar-refractivity contribution in [2.45, 2.75) is 12.5 Å². The lowest BCUT2D eigenvalue weighted by Crippen LogP contribution is -2.42. The normalized spacial score (nSPS) is 11.2. The van der Waals surface area contributed by atoms with Crippen LogP contribution in [-0.2, 0) is 11.2 Å². The first-order chi connectivity index (χ1) is 8.52. The maximum Gasteiger partial charge on any atom is 0.405 e. The second-order valence-corrected chi connectivity index (χ2v) is 3.93. The first kappa shape index (κ1) is 13.9. The topological polar surface area (TPSA) is 104 Å². The van der Waals surface area contributed by atoms with Gasteiger partial charge in [0.25, 0.3) is 5.78 Å². The van der Waals surface area contributed by atoms with Gasteiger partial charge in [0.15, 0.2) is 0 Å². The van der Waals surface area contributed by atoms with Crippen molar-refractivity contribution in [2.75, 3.05) is 0 Å². The van der Waals surface area contributed by atoms with Gasteiger partial charge in [-0.25, -0.2) is 4.79 Å². The molecular formula is C11H11ClN3O3+. The second-order valence-electron chi connectivity index (χ2n) is 3.49. The van der Waals surface area contributed by atoms with Gasteiger partial charge in [-0.15, -0.1) is 0 Å². The minimum Gasteiger partial charge on any atom is -0.465 e. The minimum absolute atomic E-state index is 0.175. The molecule has 3 N–H and O–H groups in total. The van der Waals surface area contributed by atoms with E-state index in [0.717, 1.165) is 11.8 Å². The van der Waals surface area contributed by atoms with Crippen molar-refractivity contribution in [3.8, 4) is 0 Å². The summed E-state index contributed by atoms with van der Waals surface area (Å²) in [4.78, 5) is 25.0. The number of amides is 1. The Bertz CT molecular complexity index is 495. The third-order valence-electron chi connectivity index (χ3n) is 2.19. The van der Waals surface area contributed by atoms with E-state index in [9.17, 15) is 9.59 Å². The van der Waals surface area contributed by atoms with Crippen molar-refractivity contribution in [3.63, 3.8) is 0 Å². The molecule has 1 aromatic carbocycles. The van der Waals surface area contributed by atoms with Crippen molar-refractivity contribution >= 4 is 29.7 Å². The SMILES string of the molecule is N=[N+]=CC(=O)C(Cc1ccc(Cl)cc1)NC(=O)O. The van der Waals surface area contributed by atoms with Crippen molar-refractivity contribution in [3.05, 3.63) is 34.9 Å². The number of hydrogen-bond donors (Lipinski definition) is 3. The minimum atomic E-state index is -1.30. The van der Waals surface area contributed by atoms with Crippen molar-refractivity contribution in [1.29, 1.82) is 5.53 Å². The van der Waals surface area contributed by atoms with Crippen LogP contribution in [0.3, 0.4) is 0 Å². The molecule has 0 spiro atoms. The fraction of sp³-hybridized carbons (Fsp3) is 0.182. The van der Waals surface area contributed by atoms with Crippen LogP contribution in [0, 0.1) is 5.53 Å². The summed E-state index contributed by atoms with van der Waals surface area (Å²) in [6.45, 7) is 0. The predicted octanol–water partition coefficient (Wildman–Crippen LogP) is 1.40. The number of benzene rings is 1. The number of hydrogen-bond acceptors (Lipinski definition) is 3.